The zero-order valence-corrected chi connectivity index (χ0v) is 24.6. The maximum Gasteiger partial charge on any atom is 0.281 e. The first-order valence-electron chi connectivity index (χ1n) is 13.6. The fourth-order valence-corrected chi connectivity index (χ4v) is 6.46. The van der Waals surface area contributed by atoms with Gasteiger partial charge in [0, 0.05) is 31.0 Å². The second-order valence-electron chi connectivity index (χ2n) is 10.8. The van der Waals surface area contributed by atoms with Gasteiger partial charge in [-0.3, -0.25) is 18.9 Å². The molecule has 0 bridgehead atoms. The Morgan fingerprint density at radius 3 is 2.66 bits per heavy atom. The summed E-state index contributed by atoms with van der Waals surface area (Å²) >= 11 is 7.60. The van der Waals surface area contributed by atoms with Crippen molar-refractivity contribution in [2.24, 2.45) is 7.05 Å². The number of hydrogen-bond acceptors (Lipinski definition) is 7. The van der Waals surface area contributed by atoms with Crippen molar-refractivity contribution in [1.82, 2.24) is 19.3 Å². The predicted octanol–water partition coefficient (Wildman–Crippen LogP) is 6.05. The molecule has 2 aliphatic rings. The van der Waals surface area contributed by atoms with E-state index in [1.54, 1.807) is 29.8 Å². The van der Waals surface area contributed by atoms with Gasteiger partial charge in [-0.05, 0) is 85.7 Å². The molecule has 1 aliphatic heterocycles. The van der Waals surface area contributed by atoms with Crippen LogP contribution in [0.1, 0.15) is 65.0 Å². The zero-order chi connectivity index (χ0) is 28.8. The second-order valence-corrected chi connectivity index (χ2v) is 12.3. The Morgan fingerprint density at radius 1 is 1.12 bits per heavy atom. The SMILES string of the molecule is Cc1cc(C(C)Nc2ccc(Cl)nc2C(=O)NSC2CCC2)c2nc(N3Cc4ccc(F)cc4C3)n(C)c(=O)c2c1. The average molecular weight is 593 g/mol. The maximum absolute atomic E-state index is 13.9. The molecule has 1 atom stereocenters. The highest BCUT2D eigenvalue weighted by Gasteiger charge is 2.26. The first kappa shape index (κ1) is 27.5. The van der Waals surface area contributed by atoms with E-state index in [1.807, 2.05) is 30.9 Å². The lowest BCUT2D eigenvalue weighted by molar-refractivity contribution is 0.0980. The Bertz CT molecular complexity index is 1740. The molecule has 4 aromatic rings. The van der Waals surface area contributed by atoms with Crippen LogP contribution >= 0.6 is 23.5 Å². The predicted molar refractivity (Wildman–Crippen MR) is 162 cm³/mol. The third-order valence-electron chi connectivity index (χ3n) is 7.79. The molecule has 11 heteroatoms. The number of carbonyl (C=O) groups excluding carboxylic acids is 1. The summed E-state index contributed by atoms with van der Waals surface area (Å²) in [5.74, 6) is -0.0832. The minimum Gasteiger partial charge on any atom is -0.377 e. The van der Waals surface area contributed by atoms with Gasteiger partial charge in [0.2, 0.25) is 5.95 Å². The lowest BCUT2D eigenvalue weighted by Gasteiger charge is -2.25. The number of halogens is 2. The number of anilines is 2. The molecule has 41 heavy (non-hydrogen) atoms. The molecule has 212 valence electrons. The monoisotopic (exact) mass is 592 g/mol. The van der Waals surface area contributed by atoms with Gasteiger partial charge in [0.25, 0.3) is 11.5 Å². The lowest BCUT2D eigenvalue weighted by atomic mass is 10.0. The summed E-state index contributed by atoms with van der Waals surface area (Å²) in [6, 6.07) is 11.7. The van der Waals surface area contributed by atoms with Crippen LogP contribution < -0.4 is 20.5 Å². The first-order chi connectivity index (χ1) is 19.7. The van der Waals surface area contributed by atoms with E-state index in [-0.39, 0.29) is 34.2 Å². The van der Waals surface area contributed by atoms with Crippen molar-refractivity contribution in [1.29, 1.82) is 0 Å². The van der Waals surface area contributed by atoms with E-state index in [9.17, 15) is 14.0 Å². The number of benzene rings is 2. The highest BCUT2D eigenvalue weighted by molar-refractivity contribution is 7.98. The van der Waals surface area contributed by atoms with Crippen molar-refractivity contribution in [3.63, 3.8) is 0 Å². The third-order valence-corrected chi connectivity index (χ3v) is 9.11. The van der Waals surface area contributed by atoms with Crippen molar-refractivity contribution in [2.45, 2.75) is 57.5 Å². The third kappa shape index (κ3) is 5.38. The largest absolute Gasteiger partial charge is 0.377 e. The topological polar surface area (TPSA) is 92.1 Å². The van der Waals surface area contributed by atoms with Crippen LogP contribution in [0.15, 0.2) is 47.3 Å². The Morgan fingerprint density at radius 2 is 1.90 bits per heavy atom. The highest BCUT2D eigenvalue weighted by Crippen LogP contribution is 2.33. The molecular formula is C30H30ClFN6O2S. The van der Waals surface area contributed by atoms with Crippen LogP contribution in [0.4, 0.5) is 16.0 Å². The number of aryl methyl sites for hydroxylation is 1. The van der Waals surface area contributed by atoms with Gasteiger partial charge in [0.15, 0.2) is 5.69 Å². The van der Waals surface area contributed by atoms with E-state index in [0.717, 1.165) is 35.1 Å². The van der Waals surface area contributed by atoms with Crippen molar-refractivity contribution in [2.75, 3.05) is 10.2 Å². The molecule has 1 unspecified atom stereocenters. The molecule has 1 aliphatic carbocycles. The molecule has 2 aromatic heterocycles. The van der Waals surface area contributed by atoms with Crippen molar-refractivity contribution >= 4 is 52.0 Å². The molecule has 1 amide bonds. The van der Waals surface area contributed by atoms with E-state index >= 15 is 0 Å². The van der Waals surface area contributed by atoms with Crippen LogP contribution in [0.3, 0.4) is 0 Å². The van der Waals surface area contributed by atoms with Gasteiger partial charge in [-0.25, -0.2) is 14.4 Å². The minimum absolute atomic E-state index is 0.162. The molecule has 0 spiro atoms. The van der Waals surface area contributed by atoms with E-state index < -0.39 is 0 Å². The minimum atomic E-state index is -0.330. The van der Waals surface area contributed by atoms with E-state index in [1.165, 1.54) is 30.5 Å². The first-order valence-corrected chi connectivity index (χ1v) is 14.9. The van der Waals surface area contributed by atoms with Crippen molar-refractivity contribution in [3.05, 3.63) is 91.7 Å². The number of nitrogens with zero attached hydrogens (tertiary/aromatic N) is 4. The molecule has 1 saturated carbocycles. The molecular weight excluding hydrogens is 563 g/mol. The Kier molecular flexibility index (Phi) is 7.37. The maximum atomic E-state index is 13.9. The van der Waals surface area contributed by atoms with Gasteiger partial charge in [0.05, 0.1) is 22.6 Å². The van der Waals surface area contributed by atoms with E-state index in [0.29, 0.717) is 40.9 Å². The average Bonchev–Trinajstić information content (AvgIpc) is 3.33. The normalized spacial score (nSPS) is 15.5. The molecule has 8 nitrogen and oxygen atoms in total. The van der Waals surface area contributed by atoms with Crippen LogP contribution in [-0.2, 0) is 20.1 Å². The summed E-state index contributed by atoms with van der Waals surface area (Å²) in [5.41, 5.74) is 4.78. The van der Waals surface area contributed by atoms with Crippen LogP contribution in [0.5, 0.6) is 0 Å². The molecule has 2 N–H and O–H groups in total. The smallest absolute Gasteiger partial charge is 0.281 e. The number of amides is 1. The summed E-state index contributed by atoms with van der Waals surface area (Å²) in [5, 5.41) is 4.58. The van der Waals surface area contributed by atoms with E-state index in [4.69, 9.17) is 16.6 Å². The highest BCUT2D eigenvalue weighted by atomic mass is 35.5. The summed E-state index contributed by atoms with van der Waals surface area (Å²) in [4.78, 5) is 37.9. The fraction of sp³-hybridized carbons (Fsp3) is 0.333. The number of hydrogen-bond donors (Lipinski definition) is 2. The van der Waals surface area contributed by atoms with Crippen LogP contribution in [0.2, 0.25) is 5.15 Å². The molecule has 3 heterocycles. The fourth-order valence-electron chi connectivity index (χ4n) is 5.37. The molecule has 2 aromatic carbocycles. The summed E-state index contributed by atoms with van der Waals surface area (Å²) < 4.78 is 18.3. The molecule has 6 rings (SSSR count). The van der Waals surface area contributed by atoms with Gasteiger partial charge >= 0.3 is 0 Å². The zero-order valence-electron chi connectivity index (χ0n) is 23.0. The number of rotatable bonds is 7. The standard InChI is InChI=1S/C30H30ClFN6O2S/c1-16-11-22(17(2)33-24-9-10-25(31)34-27(24)28(39)36-41-21-5-4-6-21)26-23(12-16)29(40)37(3)30(35-26)38-14-18-7-8-20(32)13-19(18)15-38/h7-13,17,21,33H,4-6,14-15H2,1-3H3,(H,36,39). The van der Waals surface area contributed by atoms with Gasteiger partial charge in [-0.15, -0.1) is 0 Å². The number of pyridine rings is 1. The van der Waals surface area contributed by atoms with Gasteiger partial charge < -0.3 is 10.2 Å². The summed E-state index contributed by atoms with van der Waals surface area (Å²) in [6.07, 6.45) is 3.36. The molecule has 1 fully saturated rings. The summed E-state index contributed by atoms with van der Waals surface area (Å²) in [6.45, 7) is 4.89. The number of fused-ring (bicyclic) bond motifs is 2. The lowest BCUT2D eigenvalue weighted by Crippen LogP contribution is -2.28. The van der Waals surface area contributed by atoms with Crippen LogP contribution in [-0.4, -0.2) is 25.7 Å². The number of carbonyl (C=O) groups is 1. The van der Waals surface area contributed by atoms with E-state index in [2.05, 4.69) is 15.0 Å². The molecule has 0 radical (unpaired) electrons. The second kappa shape index (κ2) is 11.0. The Balaban J connectivity index is 1.35. The number of aromatic nitrogens is 3. The Hall–Kier alpha value is -3.63. The molecule has 0 saturated heterocycles. The summed E-state index contributed by atoms with van der Waals surface area (Å²) in [7, 11) is 1.71. The van der Waals surface area contributed by atoms with Gasteiger partial charge in [0.1, 0.15) is 11.0 Å². The van der Waals surface area contributed by atoms with Crippen LogP contribution in [0, 0.1) is 12.7 Å². The van der Waals surface area contributed by atoms with Crippen molar-refractivity contribution in [3.8, 4) is 0 Å². The van der Waals surface area contributed by atoms with Gasteiger partial charge in [-0.2, -0.15) is 0 Å². The Labute approximate surface area is 246 Å². The number of nitrogens with one attached hydrogen (secondary N) is 2. The van der Waals surface area contributed by atoms with Gasteiger partial charge in [-0.1, -0.05) is 30.2 Å². The van der Waals surface area contributed by atoms with Crippen LogP contribution in [0.25, 0.3) is 10.9 Å². The van der Waals surface area contributed by atoms with Crippen molar-refractivity contribution < 1.29 is 9.18 Å². The quantitative estimate of drug-likeness (QED) is 0.199.